The zero-order valence-corrected chi connectivity index (χ0v) is 18.7. The number of alkyl halides is 6. The maximum Gasteiger partial charge on any atom is 0.433 e. The van der Waals surface area contributed by atoms with Crippen LogP contribution in [0.4, 0.5) is 43.8 Å². The van der Waals surface area contributed by atoms with Crippen molar-refractivity contribution in [3.05, 3.63) is 41.6 Å². The summed E-state index contributed by atoms with van der Waals surface area (Å²) in [5.74, 6) is -0.231. The van der Waals surface area contributed by atoms with Gasteiger partial charge in [-0.15, -0.1) is 0 Å². The lowest BCUT2D eigenvalue weighted by Gasteiger charge is -2.37. The summed E-state index contributed by atoms with van der Waals surface area (Å²) in [6.45, 7) is 0. The minimum atomic E-state index is -5.07. The number of anilines is 3. The first-order valence-corrected chi connectivity index (χ1v) is 10.6. The van der Waals surface area contributed by atoms with Gasteiger partial charge in [0.25, 0.3) is 5.91 Å². The predicted octanol–water partition coefficient (Wildman–Crippen LogP) is 4.60. The van der Waals surface area contributed by atoms with Crippen LogP contribution in [0.3, 0.4) is 0 Å². The number of amides is 1. The number of hydrogen-bond donors (Lipinski definition) is 0. The summed E-state index contributed by atoms with van der Waals surface area (Å²) in [6, 6.07) is 4.36. The van der Waals surface area contributed by atoms with Crippen molar-refractivity contribution in [2.75, 3.05) is 35.8 Å². The van der Waals surface area contributed by atoms with Crippen molar-refractivity contribution in [2.24, 2.45) is 5.92 Å². The first-order valence-electron chi connectivity index (χ1n) is 10.6. The van der Waals surface area contributed by atoms with Crippen LogP contribution in [-0.2, 0) is 17.1 Å². The fraction of sp³-hybridized carbons (Fsp3) is 0.500. The van der Waals surface area contributed by atoms with E-state index in [1.165, 1.54) is 16.8 Å². The molecular weight excluding hydrogens is 464 g/mol. The number of aromatic nitrogens is 2. The van der Waals surface area contributed by atoms with Crippen LogP contribution < -0.4 is 14.7 Å². The fourth-order valence-electron chi connectivity index (χ4n) is 4.75. The molecule has 34 heavy (non-hydrogen) atoms. The highest BCUT2D eigenvalue weighted by atomic mass is 19.4. The molecule has 1 saturated carbocycles. The molecule has 1 aliphatic carbocycles. The Morgan fingerprint density at radius 3 is 2.26 bits per heavy atom. The van der Waals surface area contributed by atoms with E-state index in [4.69, 9.17) is 0 Å². The van der Waals surface area contributed by atoms with Crippen LogP contribution in [0.1, 0.15) is 30.5 Å². The molecule has 1 saturated heterocycles. The molecule has 4 rings (SSSR count). The molecule has 0 radical (unpaired) electrons. The number of rotatable bonds is 4. The van der Waals surface area contributed by atoms with Crippen LogP contribution in [-0.4, -0.2) is 49.1 Å². The molecule has 0 unspecified atom stereocenters. The second-order valence-electron chi connectivity index (χ2n) is 8.82. The number of carbonyl (C=O) groups is 1. The molecule has 2 bridgehead atoms. The van der Waals surface area contributed by atoms with Gasteiger partial charge in [0.1, 0.15) is 29.2 Å². The van der Waals surface area contributed by atoms with E-state index in [1.807, 2.05) is 0 Å². The second kappa shape index (κ2) is 8.31. The molecule has 2 aromatic heterocycles. The van der Waals surface area contributed by atoms with Gasteiger partial charge in [-0.3, -0.25) is 9.69 Å². The summed E-state index contributed by atoms with van der Waals surface area (Å²) in [4.78, 5) is 25.9. The molecule has 3 atom stereocenters. The van der Waals surface area contributed by atoms with Gasteiger partial charge < -0.3 is 9.80 Å². The Morgan fingerprint density at radius 1 is 0.971 bits per heavy atom. The number of fused-ring (bicyclic) bond motifs is 2. The van der Waals surface area contributed by atoms with Gasteiger partial charge in [0, 0.05) is 27.2 Å². The van der Waals surface area contributed by atoms with Crippen LogP contribution >= 0.6 is 0 Å². The van der Waals surface area contributed by atoms with E-state index < -0.39 is 41.4 Å². The molecule has 0 aromatic carbocycles. The van der Waals surface area contributed by atoms with Crippen molar-refractivity contribution in [3.63, 3.8) is 0 Å². The predicted molar refractivity (Wildman–Crippen MR) is 114 cm³/mol. The number of likely N-dealkylation sites (N-methyl/N-ethyl adjacent to an activating group) is 1. The Labute approximate surface area is 192 Å². The van der Waals surface area contributed by atoms with Crippen LogP contribution in [0.15, 0.2) is 30.3 Å². The quantitative estimate of drug-likeness (QED) is 0.591. The number of carbonyl (C=O) groups excluding carboxylic acids is 1. The third-order valence-electron chi connectivity index (χ3n) is 6.38. The van der Waals surface area contributed by atoms with Gasteiger partial charge >= 0.3 is 12.4 Å². The molecule has 2 aromatic rings. The van der Waals surface area contributed by atoms with Gasteiger partial charge in [0.15, 0.2) is 0 Å². The molecule has 3 heterocycles. The van der Waals surface area contributed by atoms with Crippen molar-refractivity contribution < 1.29 is 31.1 Å². The SMILES string of the molecule is CN(C)c1cccc(N(C)C(=O)[C@@H]2[C@H]3CC[C@H](C3)N2c2cc(C(F)(F)F)cc(C(F)(F)F)n2)n1. The molecule has 2 aliphatic rings. The van der Waals surface area contributed by atoms with E-state index in [9.17, 15) is 31.1 Å². The Hall–Kier alpha value is -3.05. The summed E-state index contributed by atoms with van der Waals surface area (Å²) in [6.07, 6.45) is -8.35. The fourth-order valence-corrected chi connectivity index (χ4v) is 4.75. The van der Waals surface area contributed by atoms with Crippen molar-refractivity contribution >= 4 is 23.4 Å². The number of hydrogen-bond acceptors (Lipinski definition) is 5. The molecule has 6 nitrogen and oxygen atoms in total. The third kappa shape index (κ3) is 4.37. The van der Waals surface area contributed by atoms with Gasteiger partial charge in [-0.1, -0.05) is 6.07 Å². The lowest BCUT2D eigenvalue weighted by atomic mass is 9.97. The summed E-state index contributed by atoms with van der Waals surface area (Å²) in [5.41, 5.74) is -3.09. The van der Waals surface area contributed by atoms with E-state index in [-0.39, 0.29) is 18.0 Å². The highest BCUT2D eigenvalue weighted by Crippen LogP contribution is 2.46. The van der Waals surface area contributed by atoms with E-state index in [1.54, 1.807) is 37.2 Å². The topological polar surface area (TPSA) is 52.6 Å². The second-order valence-corrected chi connectivity index (χ2v) is 8.82. The molecule has 184 valence electrons. The van der Waals surface area contributed by atoms with Gasteiger partial charge in [-0.05, 0) is 49.4 Å². The van der Waals surface area contributed by atoms with Crippen LogP contribution in [0.2, 0.25) is 0 Å². The molecule has 12 heteroatoms. The molecule has 2 fully saturated rings. The van der Waals surface area contributed by atoms with Crippen LogP contribution in [0.5, 0.6) is 0 Å². The minimum Gasteiger partial charge on any atom is -0.363 e. The lowest BCUT2D eigenvalue weighted by Crippen LogP contribution is -2.51. The lowest BCUT2D eigenvalue weighted by molar-refractivity contribution is -0.145. The van der Waals surface area contributed by atoms with E-state index in [2.05, 4.69) is 9.97 Å². The Morgan fingerprint density at radius 2 is 1.65 bits per heavy atom. The maximum absolute atomic E-state index is 13.5. The van der Waals surface area contributed by atoms with Gasteiger partial charge in [-0.2, -0.15) is 26.3 Å². The number of pyridine rings is 2. The molecular formula is C22H23F6N5O. The van der Waals surface area contributed by atoms with Crippen LogP contribution in [0.25, 0.3) is 0 Å². The van der Waals surface area contributed by atoms with E-state index >= 15 is 0 Å². The van der Waals surface area contributed by atoms with Crippen molar-refractivity contribution in [1.82, 2.24) is 9.97 Å². The number of piperidine rings is 1. The highest BCUT2D eigenvalue weighted by molar-refractivity contribution is 5.99. The maximum atomic E-state index is 13.5. The number of nitrogens with zero attached hydrogens (tertiary/aromatic N) is 5. The average Bonchev–Trinajstić information content (AvgIpc) is 3.38. The smallest absolute Gasteiger partial charge is 0.363 e. The Bertz CT molecular complexity index is 1050. The highest BCUT2D eigenvalue weighted by Gasteiger charge is 2.51. The minimum absolute atomic E-state index is 0.00253. The molecule has 1 amide bonds. The summed E-state index contributed by atoms with van der Waals surface area (Å²) < 4.78 is 80.4. The average molecular weight is 487 g/mol. The van der Waals surface area contributed by atoms with Crippen LogP contribution in [0, 0.1) is 5.92 Å². The zero-order valence-electron chi connectivity index (χ0n) is 18.7. The molecule has 1 aliphatic heterocycles. The first-order chi connectivity index (χ1) is 15.8. The third-order valence-corrected chi connectivity index (χ3v) is 6.38. The molecule has 0 N–H and O–H groups in total. The van der Waals surface area contributed by atoms with E-state index in [0.717, 1.165) is 0 Å². The Balaban J connectivity index is 1.74. The van der Waals surface area contributed by atoms with Gasteiger partial charge in [-0.25, -0.2) is 9.97 Å². The summed E-state index contributed by atoms with van der Waals surface area (Å²) >= 11 is 0. The van der Waals surface area contributed by atoms with Gasteiger partial charge in [0.05, 0.1) is 5.56 Å². The summed E-state index contributed by atoms with van der Waals surface area (Å²) in [5, 5.41) is 0. The monoisotopic (exact) mass is 487 g/mol. The first kappa shape index (κ1) is 24.1. The largest absolute Gasteiger partial charge is 0.433 e. The zero-order chi connectivity index (χ0) is 25.0. The normalized spacial score (nSPS) is 22.3. The number of halogens is 6. The van der Waals surface area contributed by atoms with Crippen molar-refractivity contribution in [2.45, 2.75) is 43.7 Å². The summed E-state index contributed by atoms with van der Waals surface area (Å²) in [7, 11) is 5.06. The van der Waals surface area contributed by atoms with Gasteiger partial charge in [0.2, 0.25) is 0 Å². The standard InChI is InChI=1S/C22H23F6N5O/c1-31(2)16-5-4-6-17(30-16)32(3)20(34)19-12-7-8-14(9-12)33(19)18-11-13(21(23,24)25)10-15(29-18)22(26,27)28/h4-6,10-12,14,19H,7-9H2,1-3H3/t12-,14+,19-/m0/s1. The Kier molecular flexibility index (Phi) is 5.89. The van der Waals surface area contributed by atoms with Crippen molar-refractivity contribution in [3.8, 4) is 0 Å². The van der Waals surface area contributed by atoms with Crippen molar-refractivity contribution in [1.29, 1.82) is 0 Å². The van der Waals surface area contributed by atoms with E-state index in [0.29, 0.717) is 37.0 Å². The molecule has 0 spiro atoms.